The molecule has 0 fully saturated rings. The van der Waals surface area contributed by atoms with Crippen molar-refractivity contribution in [2.45, 2.75) is 39.2 Å². The van der Waals surface area contributed by atoms with Crippen LogP contribution in [-0.4, -0.2) is 38.9 Å². The summed E-state index contributed by atoms with van der Waals surface area (Å²) in [5.41, 5.74) is 0.790. The molecule has 1 unspecified atom stereocenters. The van der Waals surface area contributed by atoms with Crippen molar-refractivity contribution in [2.24, 2.45) is 0 Å². The predicted octanol–water partition coefficient (Wildman–Crippen LogP) is 5.70. The lowest BCUT2D eigenvalue weighted by molar-refractivity contribution is -0.384. The Hall–Kier alpha value is -4.53. The van der Waals surface area contributed by atoms with E-state index in [0.29, 0.717) is 34.7 Å². The monoisotopic (exact) mass is 514 g/mol. The number of aromatic nitrogens is 2. The summed E-state index contributed by atoms with van der Waals surface area (Å²) in [7, 11) is 1.53. The van der Waals surface area contributed by atoms with Gasteiger partial charge in [0.15, 0.2) is 0 Å². The quantitative estimate of drug-likeness (QED) is 0.153. The molecular formula is C29H30N4O5. The first-order valence-corrected chi connectivity index (χ1v) is 12.6. The van der Waals surface area contributed by atoms with Crippen LogP contribution in [0.3, 0.4) is 0 Å². The van der Waals surface area contributed by atoms with E-state index in [-0.39, 0.29) is 22.7 Å². The number of benzene rings is 3. The van der Waals surface area contributed by atoms with Gasteiger partial charge in [-0.05, 0) is 43.7 Å². The average molecular weight is 515 g/mol. The van der Waals surface area contributed by atoms with Crippen LogP contribution in [0.1, 0.15) is 55.3 Å². The fraction of sp³-hybridized carbons (Fsp3) is 0.276. The highest BCUT2D eigenvalue weighted by Gasteiger charge is 2.29. The normalized spacial score (nSPS) is 11.8. The van der Waals surface area contributed by atoms with Gasteiger partial charge >= 0.3 is 0 Å². The Kier molecular flexibility index (Phi) is 8.15. The molecule has 1 heterocycles. The van der Waals surface area contributed by atoms with Crippen LogP contribution in [-0.2, 0) is 0 Å². The standard InChI is InChI=1S/C29H30N4O5/c1-4-5-10-18-31(28(34)21-12-11-13-22(19-21)33(36)37)20(2)27-30-24-15-7-6-14-23(24)29(35)32(27)25-16-8-9-17-26(25)38-3/h6-9,11-17,19-20H,4-5,10,18H2,1-3H3. The highest BCUT2D eigenvalue weighted by Crippen LogP contribution is 2.29. The SMILES string of the molecule is CCCCCN(C(=O)c1cccc([N+](=O)[O-])c1)C(C)c1nc2ccccc2c(=O)n1-c1ccccc1OC. The van der Waals surface area contributed by atoms with Gasteiger partial charge in [0.25, 0.3) is 17.2 Å². The lowest BCUT2D eigenvalue weighted by Gasteiger charge is -2.31. The Labute approximate surface area is 220 Å². The first-order valence-electron chi connectivity index (χ1n) is 12.6. The summed E-state index contributed by atoms with van der Waals surface area (Å²) in [4.78, 5) is 45.0. The van der Waals surface area contributed by atoms with E-state index in [1.165, 1.54) is 29.9 Å². The van der Waals surface area contributed by atoms with Crippen LogP contribution in [0, 0.1) is 10.1 Å². The van der Waals surface area contributed by atoms with E-state index in [0.717, 1.165) is 19.3 Å². The molecular weight excluding hydrogens is 484 g/mol. The van der Waals surface area contributed by atoms with Crippen LogP contribution in [0.25, 0.3) is 16.6 Å². The number of nitrogens with zero attached hydrogens (tertiary/aromatic N) is 4. The summed E-state index contributed by atoms with van der Waals surface area (Å²) in [5.74, 6) is 0.488. The van der Waals surface area contributed by atoms with E-state index in [4.69, 9.17) is 9.72 Å². The van der Waals surface area contributed by atoms with Gasteiger partial charge in [-0.1, -0.05) is 50.1 Å². The maximum absolute atomic E-state index is 13.9. The number of hydrogen-bond acceptors (Lipinski definition) is 6. The van der Waals surface area contributed by atoms with Crippen molar-refractivity contribution in [3.8, 4) is 11.4 Å². The highest BCUT2D eigenvalue weighted by atomic mass is 16.6. The largest absolute Gasteiger partial charge is 0.495 e. The molecule has 196 valence electrons. The summed E-state index contributed by atoms with van der Waals surface area (Å²) >= 11 is 0. The summed E-state index contributed by atoms with van der Waals surface area (Å²) in [5, 5.41) is 11.8. The zero-order valence-electron chi connectivity index (χ0n) is 21.7. The molecule has 0 saturated heterocycles. The number of unbranched alkanes of at least 4 members (excludes halogenated alkanes) is 2. The number of hydrogen-bond donors (Lipinski definition) is 0. The fourth-order valence-corrected chi connectivity index (χ4v) is 4.54. The van der Waals surface area contributed by atoms with Crippen LogP contribution in [0.4, 0.5) is 5.69 Å². The number of rotatable bonds is 10. The Morgan fingerprint density at radius 1 is 1.08 bits per heavy atom. The Morgan fingerprint density at radius 2 is 1.82 bits per heavy atom. The topological polar surface area (TPSA) is 108 Å². The molecule has 0 aliphatic heterocycles. The van der Waals surface area contributed by atoms with E-state index >= 15 is 0 Å². The van der Waals surface area contributed by atoms with E-state index < -0.39 is 11.0 Å². The second kappa shape index (κ2) is 11.7. The van der Waals surface area contributed by atoms with Crippen LogP contribution < -0.4 is 10.3 Å². The molecule has 0 aliphatic carbocycles. The molecule has 1 atom stereocenters. The first-order chi connectivity index (χ1) is 18.4. The zero-order valence-corrected chi connectivity index (χ0v) is 21.7. The summed E-state index contributed by atoms with van der Waals surface area (Å²) < 4.78 is 7.06. The molecule has 38 heavy (non-hydrogen) atoms. The lowest BCUT2D eigenvalue weighted by atomic mass is 10.1. The fourth-order valence-electron chi connectivity index (χ4n) is 4.54. The number of carbonyl (C=O) groups is 1. The number of amides is 1. The molecule has 0 saturated carbocycles. The zero-order chi connectivity index (χ0) is 27.2. The molecule has 4 rings (SSSR count). The minimum absolute atomic E-state index is 0.160. The van der Waals surface area contributed by atoms with Crippen LogP contribution in [0.5, 0.6) is 5.75 Å². The van der Waals surface area contributed by atoms with Crippen molar-refractivity contribution in [3.05, 3.63) is 105 Å². The molecule has 0 spiro atoms. The van der Waals surface area contributed by atoms with Gasteiger partial charge in [-0.15, -0.1) is 0 Å². The molecule has 1 aromatic heterocycles. The van der Waals surface area contributed by atoms with Gasteiger partial charge in [0.1, 0.15) is 11.6 Å². The van der Waals surface area contributed by atoms with Gasteiger partial charge in [-0.3, -0.25) is 24.3 Å². The van der Waals surface area contributed by atoms with Gasteiger partial charge in [0.05, 0.1) is 34.7 Å². The molecule has 0 radical (unpaired) electrons. The Balaban J connectivity index is 1.91. The number of non-ortho nitro benzene ring substituents is 1. The third-order valence-electron chi connectivity index (χ3n) is 6.54. The average Bonchev–Trinajstić information content (AvgIpc) is 2.94. The molecule has 0 N–H and O–H groups in total. The summed E-state index contributed by atoms with van der Waals surface area (Å²) in [6.45, 7) is 4.29. The van der Waals surface area contributed by atoms with Crippen molar-refractivity contribution < 1.29 is 14.5 Å². The van der Waals surface area contributed by atoms with Gasteiger partial charge < -0.3 is 9.64 Å². The number of carbonyl (C=O) groups excluding carboxylic acids is 1. The Morgan fingerprint density at radius 3 is 2.55 bits per heavy atom. The van der Waals surface area contributed by atoms with Crippen LogP contribution in [0.2, 0.25) is 0 Å². The molecule has 1 amide bonds. The molecule has 3 aromatic carbocycles. The molecule has 0 bridgehead atoms. The minimum atomic E-state index is -0.638. The predicted molar refractivity (Wildman–Crippen MR) is 146 cm³/mol. The van der Waals surface area contributed by atoms with Gasteiger partial charge in [0, 0.05) is 24.2 Å². The second-order valence-electron chi connectivity index (χ2n) is 8.99. The van der Waals surface area contributed by atoms with Gasteiger partial charge in [0.2, 0.25) is 0 Å². The van der Waals surface area contributed by atoms with Crippen LogP contribution in [0.15, 0.2) is 77.6 Å². The molecule has 9 heteroatoms. The highest BCUT2D eigenvalue weighted by molar-refractivity contribution is 5.95. The first kappa shape index (κ1) is 26.5. The third kappa shape index (κ3) is 5.27. The van der Waals surface area contributed by atoms with Crippen molar-refractivity contribution in [2.75, 3.05) is 13.7 Å². The summed E-state index contributed by atoms with van der Waals surface area (Å²) in [6.07, 6.45) is 2.58. The number of para-hydroxylation sites is 3. The van der Waals surface area contributed by atoms with E-state index in [1.54, 1.807) is 47.4 Å². The number of fused-ring (bicyclic) bond motifs is 1. The third-order valence-corrected chi connectivity index (χ3v) is 6.54. The van der Waals surface area contributed by atoms with Crippen molar-refractivity contribution in [1.29, 1.82) is 0 Å². The maximum Gasteiger partial charge on any atom is 0.270 e. The van der Waals surface area contributed by atoms with E-state index in [9.17, 15) is 19.7 Å². The molecule has 0 aliphatic rings. The number of nitro groups is 1. The van der Waals surface area contributed by atoms with Crippen molar-refractivity contribution in [3.63, 3.8) is 0 Å². The van der Waals surface area contributed by atoms with Crippen molar-refractivity contribution in [1.82, 2.24) is 14.5 Å². The van der Waals surface area contributed by atoms with Gasteiger partial charge in [-0.2, -0.15) is 0 Å². The number of nitro benzene ring substituents is 1. The molecule has 4 aromatic rings. The maximum atomic E-state index is 13.9. The van der Waals surface area contributed by atoms with Crippen molar-refractivity contribution >= 4 is 22.5 Å². The van der Waals surface area contributed by atoms with E-state index in [2.05, 4.69) is 6.92 Å². The van der Waals surface area contributed by atoms with E-state index in [1.807, 2.05) is 19.1 Å². The summed E-state index contributed by atoms with van der Waals surface area (Å²) in [6, 6.07) is 19.3. The van der Waals surface area contributed by atoms with Gasteiger partial charge in [-0.25, -0.2) is 4.98 Å². The lowest BCUT2D eigenvalue weighted by Crippen LogP contribution is -2.38. The second-order valence-corrected chi connectivity index (χ2v) is 8.99. The smallest absolute Gasteiger partial charge is 0.270 e. The minimum Gasteiger partial charge on any atom is -0.495 e. The Bertz CT molecular complexity index is 1530. The molecule has 9 nitrogen and oxygen atoms in total. The number of ether oxygens (including phenoxy) is 1. The van der Waals surface area contributed by atoms with Crippen LogP contribution >= 0.6 is 0 Å². The number of methoxy groups -OCH3 is 1.